The summed E-state index contributed by atoms with van der Waals surface area (Å²) in [5, 5.41) is 9.64. The molecule has 38 heavy (non-hydrogen) atoms. The highest BCUT2D eigenvalue weighted by Crippen LogP contribution is 2.32. The minimum absolute atomic E-state index is 0.0735. The van der Waals surface area contributed by atoms with Crippen LogP contribution in [0.3, 0.4) is 0 Å². The first-order valence-corrected chi connectivity index (χ1v) is 12.9. The van der Waals surface area contributed by atoms with Gasteiger partial charge in [-0.15, -0.1) is 0 Å². The number of hydrogen-bond donors (Lipinski definition) is 1. The Bertz CT molecular complexity index is 1780. The molecule has 2 aromatic carbocycles. The number of furan rings is 1. The second kappa shape index (κ2) is 10.3. The molecule has 0 fully saturated rings. The largest absolute Gasteiger partial charge is 0.478 e. The van der Waals surface area contributed by atoms with Crippen molar-refractivity contribution in [2.45, 2.75) is 19.9 Å². The summed E-state index contributed by atoms with van der Waals surface area (Å²) in [4.78, 5) is 43.0. The predicted molar refractivity (Wildman–Crippen MR) is 143 cm³/mol. The molecule has 0 radical (unpaired) electrons. The molecule has 192 valence electrons. The summed E-state index contributed by atoms with van der Waals surface area (Å²) < 4.78 is 13.1. The fourth-order valence-electron chi connectivity index (χ4n) is 4.29. The van der Waals surface area contributed by atoms with Crippen LogP contribution in [0.25, 0.3) is 17.4 Å². The van der Waals surface area contributed by atoms with Gasteiger partial charge in [0.2, 0.25) is 0 Å². The molecule has 0 unspecified atom stereocenters. The van der Waals surface area contributed by atoms with E-state index in [4.69, 9.17) is 20.8 Å². The molecule has 0 amide bonds. The van der Waals surface area contributed by atoms with E-state index in [0.29, 0.717) is 42.7 Å². The van der Waals surface area contributed by atoms with Gasteiger partial charge in [0.05, 0.1) is 39.0 Å². The van der Waals surface area contributed by atoms with Gasteiger partial charge in [0.25, 0.3) is 5.56 Å². The predicted octanol–water partition coefficient (Wildman–Crippen LogP) is 4.41. The SMILES string of the molecule is CCOC(=O)C1=C(C)N=c2s/c(=C\c3ccc(-c4cc(C(=O)O)ccc4Cl)o3)c(=O)n2[C@H]1c1ccccc1. The first-order valence-electron chi connectivity index (χ1n) is 11.7. The summed E-state index contributed by atoms with van der Waals surface area (Å²) in [6, 6.07) is 16.2. The Kier molecular flexibility index (Phi) is 6.88. The molecule has 0 spiro atoms. The van der Waals surface area contributed by atoms with E-state index in [0.717, 1.165) is 5.56 Å². The van der Waals surface area contributed by atoms with E-state index in [-0.39, 0.29) is 17.7 Å². The van der Waals surface area contributed by atoms with Crippen LogP contribution in [0.5, 0.6) is 0 Å². The van der Waals surface area contributed by atoms with E-state index < -0.39 is 18.0 Å². The molecule has 3 heterocycles. The average Bonchev–Trinajstić information content (AvgIpc) is 3.48. The molecule has 5 rings (SSSR count). The molecular weight excluding hydrogens is 528 g/mol. The Morgan fingerprint density at radius 3 is 2.66 bits per heavy atom. The van der Waals surface area contributed by atoms with Crippen LogP contribution in [0.1, 0.15) is 41.6 Å². The van der Waals surface area contributed by atoms with E-state index in [1.54, 1.807) is 32.1 Å². The second-order valence-electron chi connectivity index (χ2n) is 8.41. The lowest BCUT2D eigenvalue weighted by Crippen LogP contribution is -2.39. The highest BCUT2D eigenvalue weighted by molar-refractivity contribution is 7.07. The number of rotatable bonds is 6. The van der Waals surface area contributed by atoms with E-state index in [1.165, 1.54) is 34.1 Å². The number of halogens is 1. The van der Waals surface area contributed by atoms with E-state index in [9.17, 15) is 19.5 Å². The normalized spacial score (nSPS) is 15.2. The fraction of sp³-hybridized carbons (Fsp3) is 0.143. The molecule has 4 aromatic rings. The molecule has 8 nitrogen and oxygen atoms in total. The summed E-state index contributed by atoms with van der Waals surface area (Å²) in [6.45, 7) is 3.65. The lowest BCUT2D eigenvalue weighted by Gasteiger charge is -2.24. The highest BCUT2D eigenvalue weighted by atomic mass is 35.5. The lowest BCUT2D eigenvalue weighted by atomic mass is 9.96. The van der Waals surface area contributed by atoms with Gasteiger partial charge in [-0.2, -0.15) is 0 Å². The number of esters is 1. The zero-order chi connectivity index (χ0) is 27.0. The third-order valence-corrected chi connectivity index (χ3v) is 7.32. The number of aromatic nitrogens is 1. The molecule has 0 saturated carbocycles. The third-order valence-electron chi connectivity index (χ3n) is 6.01. The first-order chi connectivity index (χ1) is 18.3. The van der Waals surface area contributed by atoms with Gasteiger partial charge in [-0.05, 0) is 49.7 Å². The molecular formula is C28H21ClN2O6S. The number of carbonyl (C=O) groups is 2. The quantitative estimate of drug-likeness (QED) is 0.357. The zero-order valence-electron chi connectivity index (χ0n) is 20.3. The van der Waals surface area contributed by atoms with E-state index in [1.807, 2.05) is 30.3 Å². The summed E-state index contributed by atoms with van der Waals surface area (Å²) in [6.07, 6.45) is 1.59. The molecule has 1 N–H and O–H groups in total. The van der Waals surface area contributed by atoms with Gasteiger partial charge >= 0.3 is 11.9 Å². The van der Waals surface area contributed by atoms with E-state index >= 15 is 0 Å². The smallest absolute Gasteiger partial charge is 0.338 e. The molecule has 0 bridgehead atoms. The van der Waals surface area contributed by atoms with Gasteiger partial charge < -0.3 is 14.3 Å². The Balaban J connectivity index is 1.62. The topological polar surface area (TPSA) is 111 Å². The van der Waals surface area contributed by atoms with Crippen molar-refractivity contribution < 1.29 is 23.8 Å². The van der Waals surface area contributed by atoms with Crippen LogP contribution in [0.15, 0.2) is 86.1 Å². The number of benzene rings is 2. The highest BCUT2D eigenvalue weighted by Gasteiger charge is 2.33. The van der Waals surface area contributed by atoms with Crippen molar-refractivity contribution in [2.75, 3.05) is 6.61 Å². The third kappa shape index (κ3) is 4.62. The molecule has 1 aliphatic heterocycles. The monoisotopic (exact) mass is 548 g/mol. The van der Waals surface area contributed by atoms with Crippen molar-refractivity contribution in [3.63, 3.8) is 0 Å². The van der Waals surface area contributed by atoms with Gasteiger partial charge in [-0.1, -0.05) is 53.3 Å². The maximum absolute atomic E-state index is 13.7. The molecule has 1 aliphatic rings. The van der Waals surface area contributed by atoms with Gasteiger partial charge in [0, 0.05) is 11.6 Å². The Hall–Kier alpha value is -4.21. The van der Waals surface area contributed by atoms with Crippen molar-refractivity contribution >= 4 is 41.0 Å². The van der Waals surface area contributed by atoms with Crippen LogP contribution in [0.4, 0.5) is 0 Å². The molecule has 10 heteroatoms. The minimum atomic E-state index is -1.08. The Labute approximate surface area is 225 Å². The number of ether oxygens (including phenoxy) is 1. The Morgan fingerprint density at radius 1 is 1.18 bits per heavy atom. The summed E-state index contributed by atoms with van der Waals surface area (Å²) in [7, 11) is 0. The van der Waals surface area contributed by atoms with Gasteiger partial charge in [0.15, 0.2) is 4.80 Å². The van der Waals surface area contributed by atoms with Crippen molar-refractivity contribution in [1.29, 1.82) is 0 Å². The molecule has 2 aromatic heterocycles. The van der Waals surface area contributed by atoms with Crippen molar-refractivity contribution in [1.82, 2.24) is 4.57 Å². The zero-order valence-corrected chi connectivity index (χ0v) is 21.9. The van der Waals surface area contributed by atoms with Gasteiger partial charge in [-0.3, -0.25) is 9.36 Å². The van der Waals surface area contributed by atoms with Crippen molar-refractivity contribution in [3.8, 4) is 11.3 Å². The maximum atomic E-state index is 13.7. The molecule has 1 atom stereocenters. The minimum Gasteiger partial charge on any atom is -0.478 e. The number of aromatic carboxylic acids is 1. The number of carbonyl (C=O) groups excluding carboxylic acids is 1. The first kappa shape index (κ1) is 25.4. The van der Waals surface area contributed by atoms with Crippen LogP contribution in [-0.4, -0.2) is 28.2 Å². The summed E-state index contributed by atoms with van der Waals surface area (Å²) in [5.74, 6) is -0.867. The number of nitrogens with zero attached hydrogens (tertiary/aromatic N) is 2. The average molecular weight is 549 g/mol. The number of allylic oxidation sites excluding steroid dienone is 1. The van der Waals surface area contributed by atoms with Crippen LogP contribution in [0.2, 0.25) is 5.02 Å². The van der Waals surface area contributed by atoms with Crippen LogP contribution in [-0.2, 0) is 9.53 Å². The maximum Gasteiger partial charge on any atom is 0.338 e. The standard InChI is InChI=1S/C28H21ClN2O6S/c1-3-36-27(35)23-15(2)30-28-31(24(23)16-7-5-4-6-8-16)25(32)22(38-28)14-18-10-12-21(37-18)19-13-17(26(33)34)9-11-20(19)29/h4-14,24H,3H2,1-2H3,(H,33,34)/b22-14-/t24-/m0/s1. The number of carboxylic acids is 1. The van der Waals surface area contributed by atoms with Crippen LogP contribution >= 0.6 is 22.9 Å². The number of hydrogen-bond acceptors (Lipinski definition) is 7. The second-order valence-corrected chi connectivity index (χ2v) is 9.83. The summed E-state index contributed by atoms with van der Waals surface area (Å²) in [5.41, 5.74) is 1.71. The fourth-order valence-corrected chi connectivity index (χ4v) is 5.53. The number of thiazole rings is 1. The van der Waals surface area contributed by atoms with Gasteiger partial charge in [0.1, 0.15) is 11.5 Å². The van der Waals surface area contributed by atoms with Crippen molar-refractivity contribution in [3.05, 3.63) is 114 Å². The van der Waals surface area contributed by atoms with Crippen LogP contribution in [0, 0.1) is 0 Å². The van der Waals surface area contributed by atoms with E-state index in [2.05, 4.69) is 4.99 Å². The molecule has 0 saturated heterocycles. The lowest BCUT2D eigenvalue weighted by molar-refractivity contribution is -0.139. The number of carboxylic acid groups (broad SMARTS) is 1. The van der Waals surface area contributed by atoms with Gasteiger partial charge in [-0.25, -0.2) is 14.6 Å². The summed E-state index contributed by atoms with van der Waals surface area (Å²) >= 11 is 7.46. The number of fused-ring (bicyclic) bond motifs is 1. The molecule has 0 aliphatic carbocycles. The van der Waals surface area contributed by atoms with Crippen LogP contribution < -0.4 is 14.9 Å². The van der Waals surface area contributed by atoms with Crippen molar-refractivity contribution in [2.24, 2.45) is 4.99 Å². The Morgan fingerprint density at radius 2 is 1.95 bits per heavy atom.